The molecule has 5 rings (SSSR count). The zero-order valence-electron chi connectivity index (χ0n) is 17.8. The van der Waals surface area contributed by atoms with Crippen LogP contribution in [0.2, 0.25) is 0 Å². The summed E-state index contributed by atoms with van der Waals surface area (Å²) in [5, 5.41) is 3.01. The molecule has 0 unspecified atom stereocenters. The Labute approximate surface area is 185 Å². The van der Waals surface area contributed by atoms with Gasteiger partial charge in [-0.1, -0.05) is 24.3 Å². The molecule has 1 spiro atoms. The molecule has 0 radical (unpaired) electrons. The lowest BCUT2D eigenvalue weighted by Crippen LogP contribution is -2.70. The number of nitrogens with zero attached hydrogens (tertiary/aromatic N) is 3. The highest BCUT2D eigenvalue weighted by Crippen LogP contribution is 2.33. The third-order valence-electron chi connectivity index (χ3n) is 6.81. The van der Waals surface area contributed by atoms with Crippen molar-refractivity contribution in [2.24, 2.45) is 0 Å². The highest BCUT2D eigenvalue weighted by molar-refractivity contribution is 5.82. The van der Waals surface area contributed by atoms with Crippen LogP contribution in [0.1, 0.15) is 30.0 Å². The molecule has 1 N–H and O–H groups in total. The first kappa shape index (κ1) is 20.9. The van der Waals surface area contributed by atoms with Crippen LogP contribution in [0.5, 0.6) is 0 Å². The Hall–Kier alpha value is -3.00. The highest BCUT2D eigenvalue weighted by atomic mass is 19.1. The van der Waals surface area contributed by atoms with Crippen LogP contribution in [0.4, 0.5) is 13.6 Å². The van der Waals surface area contributed by atoms with E-state index in [4.69, 9.17) is 0 Å². The third kappa shape index (κ3) is 3.95. The van der Waals surface area contributed by atoms with Crippen LogP contribution in [-0.2, 0) is 4.79 Å². The number of benzene rings is 2. The average Bonchev–Trinajstić information content (AvgIpc) is 3.18. The van der Waals surface area contributed by atoms with Crippen LogP contribution in [0, 0.1) is 11.6 Å². The van der Waals surface area contributed by atoms with Gasteiger partial charge in [0.1, 0.15) is 11.6 Å². The minimum atomic E-state index is -0.298. The van der Waals surface area contributed by atoms with Gasteiger partial charge in [-0.3, -0.25) is 9.69 Å². The van der Waals surface area contributed by atoms with Gasteiger partial charge in [-0.05, 0) is 41.8 Å². The Morgan fingerprint density at radius 2 is 1.38 bits per heavy atom. The average molecular weight is 440 g/mol. The fourth-order valence-corrected chi connectivity index (χ4v) is 5.11. The van der Waals surface area contributed by atoms with Crippen LogP contribution in [0.15, 0.2) is 48.5 Å². The second-order valence-electron chi connectivity index (χ2n) is 9.00. The van der Waals surface area contributed by atoms with Crippen molar-refractivity contribution in [1.82, 2.24) is 20.0 Å². The molecule has 168 valence electrons. The monoisotopic (exact) mass is 440 g/mol. The van der Waals surface area contributed by atoms with Crippen molar-refractivity contribution >= 4 is 11.9 Å². The molecule has 3 aliphatic heterocycles. The van der Waals surface area contributed by atoms with Crippen molar-refractivity contribution in [3.8, 4) is 0 Å². The van der Waals surface area contributed by atoms with Gasteiger partial charge in [0, 0.05) is 45.7 Å². The molecule has 3 saturated heterocycles. The summed E-state index contributed by atoms with van der Waals surface area (Å²) in [6.45, 7) is 3.61. The minimum absolute atomic E-state index is 0.0107. The summed E-state index contributed by atoms with van der Waals surface area (Å²) in [5.41, 5.74) is 1.64. The molecule has 8 heteroatoms. The van der Waals surface area contributed by atoms with Gasteiger partial charge in [-0.15, -0.1) is 0 Å². The first-order chi connectivity index (χ1) is 15.4. The predicted octanol–water partition coefficient (Wildman–Crippen LogP) is 2.76. The maximum absolute atomic E-state index is 13.5. The zero-order valence-corrected chi connectivity index (χ0v) is 17.8. The van der Waals surface area contributed by atoms with Gasteiger partial charge in [0.25, 0.3) is 0 Å². The smallest absolute Gasteiger partial charge is 0.320 e. The molecule has 6 nitrogen and oxygen atoms in total. The second-order valence-corrected chi connectivity index (χ2v) is 9.00. The summed E-state index contributed by atoms with van der Waals surface area (Å²) in [6, 6.07) is 12.7. The Balaban J connectivity index is 1.25. The van der Waals surface area contributed by atoms with Crippen LogP contribution < -0.4 is 5.32 Å². The van der Waals surface area contributed by atoms with Crippen LogP contribution in [0.3, 0.4) is 0 Å². The van der Waals surface area contributed by atoms with Gasteiger partial charge in [0.2, 0.25) is 5.91 Å². The number of carbonyl (C=O) groups is 2. The maximum atomic E-state index is 13.5. The summed E-state index contributed by atoms with van der Waals surface area (Å²) < 4.78 is 27.0. The van der Waals surface area contributed by atoms with Crippen molar-refractivity contribution in [3.63, 3.8) is 0 Å². The van der Waals surface area contributed by atoms with Gasteiger partial charge in [-0.25, -0.2) is 13.6 Å². The normalized spacial score (nSPS) is 20.5. The number of carbonyl (C=O) groups excluding carboxylic acids is 2. The summed E-state index contributed by atoms with van der Waals surface area (Å²) in [5.74, 6) is -0.529. The lowest BCUT2D eigenvalue weighted by Gasteiger charge is -2.50. The molecule has 0 aliphatic carbocycles. The lowest BCUT2D eigenvalue weighted by atomic mass is 9.88. The summed E-state index contributed by atoms with van der Waals surface area (Å²) in [4.78, 5) is 30.4. The van der Waals surface area contributed by atoms with E-state index in [2.05, 4.69) is 10.2 Å². The number of likely N-dealkylation sites (tertiary alicyclic amines) is 1. The van der Waals surface area contributed by atoms with Crippen molar-refractivity contribution in [3.05, 3.63) is 71.3 Å². The number of hydrogen-bond acceptors (Lipinski definition) is 3. The molecule has 3 fully saturated rings. The molecular formula is C24H26F2N4O2. The predicted molar refractivity (Wildman–Crippen MR) is 115 cm³/mol. The van der Waals surface area contributed by atoms with E-state index in [0.717, 1.165) is 17.5 Å². The van der Waals surface area contributed by atoms with Crippen molar-refractivity contribution < 1.29 is 18.4 Å². The molecule has 2 aromatic rings. The molecule has 3 aliphatic rings. The summed E-state index contributed by atoms with van der Waals surface area (Å²) in [7, 11) is 0. The third-order valence-corrected chi connectivity index (χ3v) is 6.81. The van der Waals surface area contributed by atoms with E-state index in [9.17, 15) is 18.4 Å². The second kappa shape index (κ2) is 8.16. The number of hydrogen-bond donors (Lipinski definition) is 1. The van der Waals surface area contributed by atoms with Crippen LogP contribution in [0.25, 0.3) is 0 Å². The number of rotatable bonds is 3. The van der Waals surface area contributed by atoms with Gasteiger partial charge >= 0.3 is 6.03 Å². The molecule has 0 saturated carbocycles. The largest absolute Gasteiger partial charge is 0.347 e. The molecule has 3 amide bonds. The Morgan fingerprint density at radius 1 is 0.844 bits per heavy atom. The quantitative estimate of drug-likeness (QED) is 0.799. The lowest BCUT2D eigenvalue weighted by molar-refractivity contribution is -0.120. The van der Waals surface area contributed by atoms with Crippen molar-refractivity contribution in [1.29, 1.82) is 0 Å². The summed E-state index contributed by atoms with van der Waals surface area (Å²) >= 11 is 0. The van der Waals surface area contributed by atoms with Gasteiger partial charge < -0.3 is 15.1 Å². The van der Waals surface area contributed by atoms with E-state index >= 15 is 0 Å². The molecule has 0 aromatic heterocycles. The number of piperazine rings is 1. The topological polar surface area (TPSA) is 55.9 Å². The van der Waals surface area contributed by atoms with Crippen LogP contribution in [-0.4, -0.2) is 71.4 Å². The Bertz CT molecular complexity index is 952. The zero-order chi connectivity index (χ0) is 22.3. The van der Waals surface area contributed by atoms with Gasteiger partial charge in [0.15, 0.2) is 0 Å². The van der Waals surface area contributed by atoms with Crippen molar-refractivity contribution in [2.45, 2.75) is 24.4 Å². The highest BCUT2D eigenvalue weighted by Gasteiger charge is 2.50. The fourth-order valence-electron chi connectivity index (χ4n) is 5.11. The van der Waals surface area contributed by atoms with Gasteiger partial charge in [0.05, 0.1) is 11.6 Å². The standard InChI is InChI=1S/C24H26F2N4O2/c25-19-5-1-17(2-6-19)22(18-3-7-20(26)8-4-18)28-11-13-29(14-12-28)23(32)30-15-24(16-30)10-9-21(31)27-24/h1-8,22H,9-16H2,(H,27,31). The molecule has 32 heavy (non-hydrogen) atoms. The van der Waals surface area contributed by atoms with Crippen LogP contribution >= 0.6 is 0 Å². The SMILES string of the molecule is O=C1CCC2(CN(C(=O)N3CCN(C(c4ccc(F)cc4)c4ccc(F)cc4)CC3)C2)N1. The Kier molecular flexibility index (Phi) is 5.33. The molecule has 2 aromatic carbocycles. The summed E-state index contributed by atoms with van der Waals surface area (Å²) in [6.07, 6.45) is 1.33. The van der Waals surface area contributed by atoms with E-state index in [-0.39, 0.29) is 35.2 Å². The molecular weight excluding hydrogens is 414 g/mol. The molecule has 0 bridgehead atoms. The van der Waals surface area contributed by atoms with Crippen molar-refractivity contribution in [2.75, 3.05) is 39.3 Å². The van der Waals surface area contributed by atoms with E-state index in [1.807, 2.05) is 4.90 Å². The number of urea groups is 1. The molecule has 0 atom stereocenters. The first-order valence-corrected chi connectivity index (χ1v) is 11.0. The fraction of sp³-hybridized carbons (Fsp3) is 0.417. The maximum Gasteiger partial charge on any atom is 0.320 e. The van der Waals surface area contributed by atoms with E-state index < -0.39 is 0 Å². The molecule has 3 heterocycles. The van der Waals surface area contributed by atoms with Gasteiger partial charge in [-0.2, -0.15) is 0 Å². The van der Waals surface area contributed by atoms with E-state index in [1.165, 1.54) is 24.3 Å². The number of amides is 3. The number of halogens is 2. The number of nitrogens with one attached hydrogen (secondary N) is 1. The Morgan fingerprint density at radius 3 is 1.84 bits per heavy atom. The first-order valence-electron chi connectivity index (χ1n) is 11.0. The van der Waals surface area contributed by atoms with E-state index in [1.54, 1.807) is 29.2 Å². The minimum Gasteiger partial charge on any atom is -0.347 e. The van der Waals surface area contributed by atoms with E-state index in [0.29, 0.717) is 45.7 Å².